The predicted molar refractivity (Wildman–Crippen MR) is 114 cm³/mol. The molecule has 3 rings (SSSR count). The van der Waals surface area contributed by atoms with Crippen LogP contribution in [0.2, 0.25) is 0 Å². The number of thiol groups is 2. The highest BCUT2D eigenvalue weighted by Crippen LogP contribution is 2.34. The Labute approximate surface area is 156 Å². The van der Waals surface area contributed by atoms with Crippen LogP contribution in [0.3, 0.4) is 0 Å². The zero-order valence-electron chi connectivity index (χ0n) is 14.2. The van der Waals surface area contributed by atoms with E-state index in [0.717, 1.165) is 12.2 Å². The van der Waals surface area contributed by atoms with Crippen LogP contribution in [-0.2, 0) is 12.2 Å². The zero-order valence-corrected chi connectivity index (χ0v) is 16.0. The molecular formula is C22H24S2. The molecule has 0 aliphatic heterocycles. The second-order valence-corrected chi connectivity index (χ2v) is 5.68. The van der Waals surface area contributed by atoms with E-state index in [-0.39, 0.29) is 0 Å². The highest BCUT2D eigenvalue weighted by Gasteiger charge is 2.13. The van der Waals surface area contributed by atoms with Gasteiger partial charge in [-0.3, -0.25) is 0 Å². The van der Waals surface area contributed by atoms with E-state index in [1.807, 2.05) is 0 Å². The molecule has 0 saturated carbocycles. The topological polar surface area (TPSA) is 0 Å². The fraction of sp³-hybridized carbons (Fsp3) is 0.182. The molecule has 0 aliphatic rings. The van der Waals surface area contributed by atoms with Gasteiger partial charge in [0.1, 0.15) is 0 Å². The molecule has 0 amide bonds. The van der Waals surface area contributed by atoms with Gasteiger partial charge in [0.05, 0.1) is 0 Å². The zero-order chi connectivity index (χ0) is 17.4. The Morgan fingerprint density at radius 2 is 1.04 bits per heavy atom. The minimum absolute atomic E-state index is 0.758. The van der Waals surface area contributed by atoms with Gasteiger partial charge in [0.15, 0.2) is 0 Å². The molecule has 0 N–H and O–H groups in total. The van der Waals surface area contributed by atoms with Crippen molar-refractivity contribution in [2.45, 2.75) is 19.1 Å². The highest BCUT2D eigenvalue weighted by atomic mass is 32.1. The maximum absolute atomic E-state index is 4.61. The van der Waals surface area contributed by atoms with Crippen molar-refractivity contribution >= 4 is 25.3 Å². The lowest BCUT2D eigenvalue weighted by Crippen LogP contribution is -1.98. The molecule has 3 aromatic rings. The van der Waals surface area contributed by atoms with Gasteiger partial charge in [0, 0.05) is 5.75 Å². The third kappa shape index (κ3) is 4.06. The van der Waals surface area contributed by atoms with Crippen molar-refractivity contribution in [2.75, 3.05) is 6.26 Å². The fourth-order valence-electron chi connectivity index (χ4n) is 3.05. The van der Waals surface area contributed by atoms with Gasteiger partial charge in [-0.05, 0) is 46.1 Å². The lowest BCUT2D eigenvalue weighted by molar-refractivity contribution is 1.11. The summed E-state index contributed by atoms with van der Waals surface area (Å²) in [6, 6.07) is 25.7. The Kier molecular flexibility index (Phi) is 7.48. The van der Waals surface area contributed by atoms with Crippen molar-refractivity contribution in [1.82, 2.24) is 0 Å². The third-order valence-electron chi connectivity index (χ3n) is 4.11. The summed E-state index contributed by atoms with van der Waals surface area (Å²) in [6.07, 6.45) is 2.71. The molecule has 0 heterocycles. The molecule has 0 saturated heterocycles. The molecule has 0 aliphatic carbocycles. The van der Waals surface area contributed by atoms with Crippen LogP contribution in [0.4, 0.5) is 0 Å². The quantitative estimate of drug-likeness (QED) is 0.488. The van der Waals surface area contributed by atoms with Crippen LogP contribution in [0.5, 0.6) is 0 Å². The van der Waals surface area contributed by atoms with Crippen molar-refractivity contribution in [3.8, 4) is 22.3 Å². The van der Waals surface area contributed by atoms with Gasteiger partial charge in [-0.15, -0.1) is 0 Å². The summed E-state index contributed by atoms with van der Waals surface area (Å²) in [7, 11) is 0. The predicted octanol–water partition coefficient (Wildman–Crippen LogP) is 6.56. The molecule has 0 nitrogen and oxygen atoms in total. The summed E-state index contributed by atoms with van der Waals surface area (Å²) < 4.78 is 0. The monoisotopic (exact) mass is 352 g/mol. The van der Waals surface area contributed by atoms with Crippen LogP contribution < -0.4 is 0 Å². The molecule has 0 fully saturated rings. The Morgan fingerprint density at radius 3 is 1.42 bits per heavy atom. The number of hydrogen-bond donors (Lipinski definition) is 2. The first-order valence-electron chi connectivity index (χ1n) is 8.16. The van der Waals surface area contributed by atoms with Gasteiger partial charge in [-0.25, -0.2) is 0 Å². The van der Waals surface area contributed by atoms with Crippen LogP contribution in [0.1, 0.15) is 18.1 Å². The van der Waals surface area contributed by atoms with Crippen molar-refractivity contribution in [3.63, 3.8) is 0 Å². The van der Waals surface area contributed by atoms with Gasteiger partial charge in [-0.1, -0.05) is 79.7 Å². The van der Waals surface area contributed by atoms with Crippen LogP contribution in [0, 0.1) is 0 Å². The van der Waals surface area contributed by atoms with E-state index < -0.39 is 0 Å². The minimum atomic E-state index is 0.758. The molecule has 3 aromatic carbocycles. The molecule has 0 unspecified atom stereocenters. The average Bonchev–Trinajstić information content (AvgIpc) is 2.69. The van der Waals surface area contributed by atoms with Crippen molar-refractivity contribution in [2.24, 2.45) is 0 Å². The lowest BCUT2D eigenvalue weighted by atomic mass is 9.89. The van der Waals surface area contributed by atoms with Gasteiger partial charge in [0.25, 0.3) is 0 Å². The summed E-state index contributed by atoms with van der Waals surface area (Å²) in [6.45, 7) is 2.23. The Hall–Kier alpha value is -1.64. The van der Waals surface area contributed by atoms with Gasteiger partial charge >= 0.3 is 0 Å². The first-order chi connectivity index (χ1) is 11.8. The number of hydrogen-bond acceptors (Lipinski definition) is 2. The Morgan fingerprint density at radius 1 is 0.625 bits per heavy atom. The molecule has 0 spiro atoms. The first kappa shape index (κ1) is 18.7. The lowest BCUT2D eigenvalue weighted by Gasteiger charge is -2.17. The second kappa shape index (κ2) is 9.61. The normalized spacial score (nSPS) is 10.0. The number of benzene rings is 3. The summed E-state index contributed by atoms with van der Waals surface area (Å²) in [5.74, 6) is 0.758. The van der Waals surface area contributed by atoms with E-state index in [1.54, 1.807) is 6.26 Å². The third-order valence-corrected chi connectivity index (χ3v) is 4.43. The summed E-state index contributed by atoms with van der Waals surface area (Å²) in [4.78, 5) is 0. The maximum Gasteiger partial charge on any atom is 0.0163 e. The summed E-state index contributed by atoms with van der Waals surface area (Å²) in [5.41, 5.74) is 7.92. The highest BCUT2D eigenvalue weighted by molar-refractivity contribution is 7.79. The molecule has 0 aromatic heterocycles. The molecule has 2 heteroatoms. The van der Waals surface area contributed by atoms with Crippen molar-refractivity contribution < 1.29 is 0 Å². The largest absolute Gasteiger partial charge is 0.183 e. The fourth-order valence-corrected chi connectivity index (χ4v) is 3.41. The molecule has 24 heavy (non-hydrogen) atoms. The molecule has 0 bridgehead atoms. The smallest absolute Gasteiger partial charge is 0.0163 e. The first-order valence-corrected chi connectivity index (χ1v) is 9.69. The summed E-state index contributed by atoms with van der Waals surface area (Å²) >= 11 is 8.14. The van der Waals surface area contributed by atoms with E-state index in [4.69, 9.17) is 0 Å². The number of rotatable bonds is 4. The molecule has 0 atom stereocenters. The minimum Gasteiger partial charge on any atom is -0.183 e. The summed E-state index contributed by atoms with van der Waals surface area (Å²) in [5, 5.41) is 0. The van der Waals surface area contributed by atoms with Gasteiger partial charge in [0.2, 0.25) is 0 Å². The average molecular weight is 353 g/mol. The van der Waals surface area contributed by atoms with E-state index in [2.05, 4.69) is 105 Å². The maximum atomic E-state index is 4.61. The van der Waals surface area contributed by atoms with Crippen LogP contribution in [-0.4, -0.2) is 6.26 Å². The standard InChI is InChI=1S/C21H20S.CH4S/c1-2-18-19(16-9-5-3-6-10-16)13-14-20(21(18)15-22)17-11-7-4-8-12-17;1-2/h3-14,22H,2,15H2,1H3;2H,1H3. The van der Waals surface area contributed by atoms with Gasteiger partial charge in [-0.2, -0.15) is 25.3 Å². The van der Waals surface area contributed by atoms with Gasteiger partial charge < -0.3 is 0 Å². The van der Waals surface area contributed by atoms with Crippen LogP contribution >= 0.6 is 25.3 Å². The molecular weight excluding hydrogens is 328 g/mol. The van der Waals surface area contributed by atoms with Crippen LogP contribution in [0.15, 0.2) is 72.8 Å². The van der Waals surface area contributed by atoms with E-state index in [0.29, 0.717) is 0 Å². The second-order valence-electron chi connectivity index (χ2n) is 5.36. The van der Waals surface area contributed by atoms with Crippen molar-refractivity contribution in [1.29, 1.82) is 0 Å². The Balaban J connectivity index is 0.00000100. The van der Waals surface area contributed by atoms with Crippen molar-refractivity contribution in [3.05, 3.63) is 83.9 Å². The Bertz CT molecular complexity index is 683. The molecule has 0 radical (unpaired) electrons. The molecule has 124 valence electrons. The van der Waals surface area contributed by atoms with E-state index in [9.17, 15) is 0 Å². The SMILES string of the molecule is CCc1c(-c2ccccc2)ccc(-c2ccccc2)c1CS.CS. The van der Waals surface area contributed by atoms with E-state index >= 15 is 0 Å². The van der Waals surface area contributed by atoms with Crippen LogP contribution in [0.25, 0.3) is 22.3 Å². The van der Waals surface area contributed by atoms with E-state index in [1.165, 1.54) is 33.4 Å².